The van der Waals surface area contributed by atoms with Crippen LogP contribution in [-0.2, 0) is 5.67 Å². The van der Waals surface area contributed by atoms with Gasteiger partial charge in [0.25, 0.3) is 5.89 Å². The summed E-state index contributed by atoms with van der Waals surface area (Å²) in [5, 5.41) is 3.90. The monoisotopic (exact) mass is 354 g/mol. The predicted octanol–water partition coefficient (Wildman–Crippen LogP) is 4.57. The molecule has 1 heterocycles. The molecule has 1 atom stereocenters. The summed E-state index contributed by atoms with van der Waals surface area (Å²) in [6.45, 7) is 4.00. The number of hydrogen-bond donors (Lipinski definition) is 0. The predicted molar refractivity (Wildman–Crippen MR) is 78.7 cm³/mol. The highest BCUT2D eigenvalue weighted by atomic mass is 79.9. The first kappa shape index (κ1) is 14.5. The van der Waals surface area contributed by atoms with Crippen LogP contribution in [0.5, 0.6) is 5.75 Å². The normalized spacial score (nSPS) is 17.8. The molecule has 1 aromatic carbocycles. The number of rotatable bonds is 5. The molecule has 1 aromatic heterocycles. The van der Waals surface area contributed by atoms with Crippen LogP contribution >= 0.6 is 15.9 Å². The van der Waals surface area contributed by atoms with E-state index in [0.717, 1.165) is 4.47 Å². The molecule has 1 aliphatic carbocycles. The number of alkyl halides is 1. The Bertz CT molecular complexity index is 623. The molecule has 0 bridgehead atoms. The van der Waals surface area contributed by atoms with E-state index in [4.69, 9.17) is 9.26 Å². The highest BCUT2D eigenvalue weighted by molar-refractivity contribution is 9.10. The van der Waals surface area contributed by atoms with Crippen LogP contribution in [0, 0.1) is 5.92 Å². The lowest BCUT2D eigenvalue weighted by Gasteiger charge is -2.19. The molecule has 0 radical (unpaired) electrons. The first-order valence-corrected chi connectivity index (χ1v) is 7.72. The van der Waals surface area contributed by atoms with Gasteiger partial charge in [-0.05, 0) is 43.0 Å². The fourth-order valence-electron chi connectivity index (χ4n) is 2.00. The van der Waals surface area contributed by atoms with Gasteiger partial charge in [-0.3, -0.25) is 0 Å². The van der Waals surface area contributed by atoms with Crippen molar-refractivity contribution in [2.24, 2.45) is 5.92 Å². The summed E-state index contributed by atoms with van der Waals surface area (Å²) in [5.74, 6) is 1.31. The van der Waals surface area contributed by atoms with Crippen LogP contribution in [-0.4, -0.2) is 10.1 Å². The van der Waals surface area contributed by atoms with Crippen molar-refractivity contribution >= 4 is 15.9 Å². The number of aromatic nitrogens is 2. The minimum absolute atomic E-state index is 0.0718. The summed E-state index contributed by atoms with van der Waals surface area (Å²) in [5.41, 5.74) is -1.41. The Labute approximate surface area is 130 Å². The Morgan fingerprint density at radius 1 is 1.29 bits per heavy atom. The molecule has 112 valence electrons. The Morgan fingerprint density at radius 2 is 1.95 bits per heavy atom. The SMILES string of the molecule is CC(C)C(Oc1ccc(Br)cc1)c1noc(C2(F)CC2)n1. The molecule has 0 saturated heterocycles. The zero-order valence-electron chi connectivity index (χ0n) is 11.8. The van der Waals surface area contributed by atoms with Crippen molar-refractivity contribution in [2.45, 2.75) is 38.5 Å². The second-order valence-electron chi connectivity index (χ2n) is 5.66. The molecule has 1 saturated carbocycles. The Kier molecular flexibility index (Phi) is 3.73. The standard InChI is InChI=1S/C15H16BrFN2O2/c1-9(2)12(20-11-5-3-10(16)4-6-11)13-18-14(21-19-13)15(17)7-8-15/h3-6,9,12H,7-8H2,1-2H3. The van der Waals surface area contributed by atoms with Gasteiger partial charge in [-0.25, -0.2) is 4.39 Å². The fourth-order valence-corrected chi connectivity index (χ4v) is 2.27. The van der Waals surface area contributed by atoms with E-state index in [2.05, 4.69) is 26.1 Å². The van der Waals surface area contributed by atoms with E-state index in [9.17, 15) is 4.39 Å². The molecule has 4 nitrogen and oxygen atoms in total. The maximum absolute atomic E-state index is 13.9. The maximum Gasteiger partial charge on any atom is 0.264 e. The Hall–Kier alpha value is -1.43. The maximum atomic E-state index is 13.9. The van der Waals surface area contributed by atoms with Gasteiger partial charge in [0, 0.05) is 4.47 Å². The third-order valence-electron chi connectivity index (χ3n) is 3.45. The van der Waals surface area contributed by atoms with E-state index in [0.29, 0.717) is 24.4 Å². The third kappa shape index (κ3) is 3.10. The lowest BCUT2D eigenvalue weighted by atomic mass is 10.1. The average Bonchev–Trinajstić information content (AvgIpc) is 3.02. The minimum Gasteiger partial charge on any atom is -0.482 e. The minimum atomic E-state index is -1.41. The smallest absolute Gasteiger partial charge is 0.264 e. The van der Waals surface area contributed by atoms with Gasteiger partial charge >= 0.3 is 0 Å². The van der Waals surface area contributed by atoms with Crippen molar-refractivity contribution in [1.29, 1.82) is 0 Å². The molecular weight excluding hydrogens is 339 g/mol. The zero-order chi connectivity index (χ0) is 15.0. The zero-order valence-corrected chi connectivity index (χ0v) is 13.4. The van der Waals surface area contributed by atoms with Gasteiger partial charge in [0.2, 0.25) is 5.82 Å². The van der Waals surface area contributed by atoms with Crippen molar-refractivity contribution in [2.75, 3.05) is 0 Å². The topological polar surface area (TPSA) is 48.2 Å². The fraction of sp³-hybridized carbons (Fsp3) is 0.467. The number of benzene rings is 1. The van der Waals surface area contributed by atoms with Gasteiger partial charge in [0.1, 0.15) is 5.75 Å². The first-order chi connectivity index (χ1) is 9.98. The van der Waals surface area contributed by atoms with Crippen LogP contribution in [0.1, 0.15) is 44.5 Å². The van der Waals surface area contributed by atoms with Gasteiger partial charge in [0.05, 0.1) is 0 Å². The van der Waals surface area contributed by atoms with Crippen molar-refractivity contribution in [1.82, 2.24) is 10.1 Å². The van der Waals surface area contributed by atoms with E-state index in [-0.39, 0.29) is 17.9 Å². The first-order valence-electron chi connectivity index (χ1n) is 6.93. The second kappa shape index (κ2) is 5.40. The molecule has 2 aromatic rings. The lowest BCUT2D eigenvalue weighted by molar-refractivity contribution is 0.140. The van der Waals surface area contributed by atoms with Crippen LogP contribution in [0.15, 0.2) is 33.3 Å². The molecule has 0 aliphatic heterocycles. The number of halogens is 2. The van der Waals surface area contributed by atoms with Crippen LogP contribution in [0.25, 0.3) is 0 Å². The highest BCUT2D eigenvalue weighted by Gasteiger charge is 2.50. The number of hydrogen-bond acceptors (Lipinski definition) is 4. The largest absolute Gasteiger partial charge is 0.482 e. The van der Waals surface area contributed by atoms with E-state index >= 15 is 0 Å². The molecular formula is C15H16BrFN2O2. The summed E-state index contributed by atoms with van der Waals surface area (Å²) in [7, 11) is 0. The molecule has 0 spiro atoms. The molecule has 0 amide bonds. The molecule has 0 N–H and O–H groups in total. The van der Waals surface area contributed by atoms with Gasteiger partial charge < -0.3 is 9.26 Å². The third-order valence-corrected chi connectivity index (χ3v) is 3.98. The summed E-state index contributed by atoms with van der Waals surface area (Å²) in [4.78, 5) is 4.19. The number of ether oxygens (including phenoxy) is 1. The molecule has 6 heteroatoms. The van der Waals surface area contributed by atoms with Crippen molar-refractivity contribution in [3.05, 3.63) is 40.5 Å². The van der Waals surface area contributed by atoms with Crippen molar-refractivity contribution < 1.29 is 13.7 Å². The van der Waals surface area contributed by atoms with Gasteiger partial charge in [0.15, 0.2) is 11.8 Å². The molecule has 3 rings (SSSR count). The summed E-state index contributed by atoms with van der Waals surface area (Å²) in [6.07, 6.45) is 0.536. The van der Waals surface area contributed by atoms with E-state index < -0.39 is 5.67 Å². The number of nitrogens with zero attached hydrogens (tertiary/aromatic N) is 2. The Morgan fingerprint density at radius 3 is 2.52 bits per heavy atom. The molecule has 1 fully saturated rings. The van der Waals surface area contributed by atoms with Gasteiger partial charge in [-0.1, -0.05) is 34.9 Å². The van der Waals surface area contributed by atoms with E-state index in [1.54, 1.807) is 0 Å². The van der Waals surface area contributed by atoms with Gasteiger partial charge in [-0.2, -0.15) is 4.98 Å². The summed E-state index contributed by atoms with van der Waals surface area (Å²) >= 11 is 3.38. The summed E-state index contributed by atoms with van der Waals surface area (Å²) in [6, 6.07) is 7.51. The van der Waals surface area contributed by atoms with Crippen LogP contribution in [0.3, 0.4) is 0 Å². The van der Waals surface area contributed by atoms with Crippen LogP contribution in [0.4, 0.5) is 4.39 Å². The molecule has 1 unspecified atom stereocenters. The average molecular weight is 355 g/mol. The van der Waals surface area contributed by atoms with E-state index in [1.165, 1.54) is 0 Å². The second-order valence-corrected chi connectivity index (χ2v) is 6.58. The van der Waals surface area contributed by atoms with E-state index in [1.807, 2.05) is 38.1 Å². The molecule has 1 aliphatic rings. The van der Waals surface area contributed by atoms with Gasteiger partial charge in [-0.15, -0.1) is 0 Å². The van der Waals surface area contributed by atoms with Crippen molar-refractivity contribution in [3.63, 3.8) is 0 Å². The quantitative estimate of drug-likeness (QED) is 0.789. The van der Waals surface area contributed by atoms with Crippen LogP contribution in [0.2, 0.25) is 0 Å². The van der Waals surface area contributed by atoms with Crippen molar-refractivity contribution in [3.8, 4) is 5.75 Å². The summed E-state index contributed by atoms with van der Waals surface area (Å²) < 4.78 is 25.9. The van der Waals surface area contributed by atoms with Crippen LogP contribution < -0.4 is 4.74 Å². The highest BCUT2D eigenvalue weighted by Crippen LogP contribution is 2.49. The molecule has 21 heavy (non-hydrogen) atoms. The lowest BCUT2D eigenvalue weighted by Crippen LogP contribution is -2.16. The Balaban J connectivity index is 1.81.